The van der Waals surface area contributed by atoms with E-state index in [1.54, 1.807) is 0 Å². The Morgan fingerprint density at radius 1 is 1.24 bits per heavy atom. The van der Waals surface area contributed by atoms with Gasteiger partial charge in [0.25, 0.3) is 0 Å². The summed E-state index contributed by atoms with van der Waals surface area (Å²) >= 11 is 5.94. The number of alkyl halides is 1. The first-order valence-corrected chi connectivity index (χ1v) is 8.47. The van der Waals surface area contributed by atoms with E-state index in [1.165, 1.54) is 17.5 Å². The molecule has 0 aliphatic carbocycles. The van der Waals surface area contributed by atoms with Crippen LogP contribution in [0.4, 0.5) is 0 Å². The summed E-state index contributed by atoms with van der Waals surface area (Å²) in [6.45, 7) is 10.9. The number of fused-ring (bicyclic) bond motifs is 1. The fraction of sp³-hybridized carbons (Fsp3) is 0.588. The van der Waals surface area contributed by atoms with Crippen LogP contribution >= 0.6 is 11.6 Å². The summed E-state index contributed by atoms with van der Waals surface area (Å²) in [6, 6.07) is 6.47. The first kappa shape index (κ1) is 16.3. The van der Waals surface area contributed by atoms with Gasteiger partial charge in [0.2, 0.25) is 0 Å². The SMILES string of the molecule is CCCN(CC)CCn1c(CCCl)nc2ccc(C)cc21. The highest BCUT2D eigenvalue weighted by Crippen LogP contribution is 2.19. The van der Waals surface area contributed by atoms with E-state index in [0.29, 0.717) is 5.88 Å². The van der Waals surface area contributed by atoms with Crippen molar-refractivity contribution < 1.29 is 0 Å². The highest BCUT2D eigenvalue weighted by Gasteiger charge is 2.11. The zero-order valence-electron chi connectivity index (χ0n) is 13.4. The molecule has 1 aromatic heterocycles. The van der Waals surface area contributed by atoms with E-state index in [9.17, 15) is 0 Å². The maximum Gasteiger partial charge on any atom is 0.111 e. The Bertz CT molecular complexity index is 577. The number of rotatable bonds is 8. The molecule has 1 heterocycles. The van der Waals surface area contributed by atoms with Crippen molar-refractivity contribution in [3.8, 4) is 0 Å². The number of nitrogens with zero attached hydrogens (tertiary/aromatic N) is 3. The highest BCUT2D eigenvalue weighted by atomic mass is 35.5. The summed E-state index contributed by atoms with van der Waals surface area (Å²) in [7, 11) is 0. The average molecular weight is 308 g/mol. The van der Waals surface area contributed by atoms with Crippen LogP contribution in [0.25, 0.3) is 11.0 Å². The molecule has 21 heavy (non-hydrogen) atoms. The van der Waals surface area contributed by atoms with Gasteiger partial charge in [-0.25, -0.2) is 4.98 Å². The van der Waals surface area contributed by atoms with Crippen LogP contribution in [0.5, 0.6) is 0 Å². The van der Waals surface area contributed by atoms with E-state index in [1.807, 2.05) is 0 Å². The van der Waals surface area contributed by atoms with Gasteiger partial charge in [-0.05, 0) is 44.1 Å². The summed E-state index contributed by atoms with van der Waals surface area (Å²) in [5.41, 5.74) is 3.60. The number of hydrogen-bond donors (Lipinski definition) is 0. The van der Waals surface area contributed by atoms with Gasteiger partial charge in [-0.3, -0.25) is 0 Å². The molecule has 2 aromatic rings. The lowest BCUT2D eigenvalue weighted by molar-refractivity contribution is 0.277. The van der Waals surface area contributed by atoms with E-state index in [4.69, 9.17) is 16.6 Å². The van der Waals surface area contributed by atoms with E-state index >= 15 is 0 Å². The van der Waals surface area contributed by atoms with Crippen LogP contribution in [0.15, 0.2) is 18.2 Å². The molecule has 0 unspecified atom stereocenters. The molecule has 0 N–H and O–H groups in total. The lowest BCUT2D eigenvalue weighted by Gasteiger charge is -2.20. The third kappa shape index (κ3) is 3.98. The minimum atomic E-state index is 0.620. The zero-order valence-corrected chi connectivity index (χ0v) is 14.2. The Labute approximate surface area is 132 Å². The number of likely N-dealkylation sites (N-methyl/N-ethyl adjacent to an activating group) is 1. The maximum atomic E-state index is 5.94. The van der Waals surface area contributed by atoms with Gasteiger partial charge in [0.15, 0.2) is 0 Å². The summed E-state index contributed by atoms with van der Waals surface area (Å²) < 4.78 is 2.35. The second-order valence-electron chi connectivity index (χ2n) is 5.55. The van der Waals surface area contributed by atoms with Gasteiger partial charge < -0.3 is 9.47 Å². The smallest absolute Gasteiger partial charge is 0.111 e. The third-order valence-electron chi connectivity index (χ3n) is 3.93. The molecule has 0 spiro atoms. The van der Waals surface area contributed by atoms with Gasteiger partial charge in [0.05, 0.1) is 11.0 Å². The van der Waals surface area contributed by atoms with E-state index in [-0.39, 0.29) is 0 Å². The molecule has 116 valence electrons. The topological polar surface area (TPSA) is 21.1 Å². The first-order chi connectivity index (χ1) is 10.2. The minimum Gasteiger partial charge on any atom is -0.327 e. The van der Waals surface area contributed by atoms with Gasteiger partial charge in [-0.15, -0.1) is 11.6 Å². The van der Waals surface area contributed by atoms with Crippen molar-refractivity contribution in [2.45, 2.75) is 40.2 Å². The Morgan fingerprint density at radius 2 is 2.05 bits per heavy atom. The zero-order chi connectivity index (χ0) is 15.2. The summed E-state index contributed by atoms with van der Waals surface area (Å²) in [5.74, 6) is 1.73. The van der Waals surface area contributed by atoms with Gasteiger partial charge in [0.1, 0.15) is 5.82 Å². The van der Waals surface area contributed by atoms with Crippen molar-refractivity contribution in [2.24, 2.45) is 0 Å². The fourth-order valence-corrected chi connectivity index (χ4v) is 2.96. The molecular formula is C17H26ClN3. The highest BCUT2D eigenvalue weighted by molar-refractivity contribution is 6.17. The van der Waals surface area contributed by atoms with Gasteiger partial charge in [0, 0.05) is 25.4 Å². The molecule has 0 fully saturated rings. The van der Waals surface area contributed by atoms with Crippen molar-refractivity contribution >= 4 is 22.6 Å². The number of aryl methyl sites for hydroxylation is 2. The number of aromatic nitrogens is 2. The fourth-order valence-electron chi connectivity index (χ4n) is 2.79. The largest absolute Gasteiger partial charge is 0.327 e. The molecule has 0 saturated heterocycles. The lowest BCUT2D eigenvalue weighted by Crippen LogP contribution is -2.28. The first-order valence-electron chi connectivity index (χ1n) is 7.93. The Balaban J connectivity index is 2.26. The standard InChI is InChI=1S/C17H26ClN3/c1-4-10-20(5-2)11-12-21-16-13-14(3)6-7-15(16)19-17(21)8-9-18/h6-7,13H,4-5,8-12H2,1-3H3. The molecule has 0 bridgehead atoms. The summed E-state index contributed by atoms with van der Waals surface area (Å²) in [6.07, 6.45) is 2.03. The number of hydrogen-bond acceptors (Lipinski definition) is 2. The predicted molar refractivity (Wildman–Crippen MR) is 91.3 cm³/mol. The molecule has 0 aliphatic heterocycles. The van der Waals surface area contributed by atoms with Crippen molar-refractivity contribution in [1.82, 2.24) is 14.5 Å². The number of benzene rings is 1. The third-order valence-corrected chi connectivity index (χ3v) is 4.12. The lowest BCUT2D eigenvalue weighted by atomic mass is 10.2. The van der Waals surface area contributed by atoms with Crippen LogP contribution in [0.2, 0.25) is 0 Å². The molecule has 4 heteroatoms. The van der Waals surface area contributed by atoms with Gasteiger partial charge in [-0.1, -0.05) is 19.9 Å². The van der Waals surface area contributed by atoms with Crippen LogP contribution in [0.3, 0.4) is 0 Å². The molecule has 1 aromatic carbocycles. The van der Waals surface area contributed by atoms with E-state index < -0.39 is 0 Å². The Hall–Kier alpha value is -1.06. The molecule has 0 amide bonds. The quantitative estimate of drug-likeness (QED) is 0.691. The molecule has 0 aliphatic rings. The van der Waals surface area contributed by atoms with E-state index in [2.05, 4.69) is 48.4 Å². The molecule has 0 radical (unpaired) electrons. The van der Waals surface area contributed by atoms with Crippen LogP contribution in [0, 0.1) is 6.92 Å². The Morgan fingerprint density at radius 3 is 2.71 bits per heavy atom. The van der Waals surface area contributed by atoms with Crippen LogP contribution < -0.4 is 0 Å². The minimum absolute atomic E-state index is 0.620. The predicted octanol–water partition coefficient (Wildman–Crippen LogP) is 3.86. The second-order valence-corrected chi connectivity index (χ2v) is 5.92. The van der Waals surface area contributed by atoms with Crippen molar-refractivity contribution in [3.05, 3.63) is 29.6 Å². The molecular weight excluding hydrogens is 282 g/mol. The molecule has 2 rings (SSSR count). The van der Waals surface area contributed by atoms with Crippen molar-refractivity contribution in [2.75, 3.05) is 25.5 Å². The summed E-state index contributed by atoms with van der Waals surface area (Å²) in [5, 5.41) is 0. The van der Waals surface area contributed by atoms with Crippen LogP contribution in [-0.2, 0) is 13.0 Å². The van der Waals surface area contributed by atoms with Gasteiger partial charge in [-0.2, -0.15) is 0 Å². The van der Waals surface area contributed by atoms with Crippen LogP contribution in [0.1, 0.15) is 31.7 Å². The normalized spacial score (nSPS) is 11.7. The maximum absolute atomic E-state index is 5.94. The molecule has 3 nitrogen and oxygen atoms in total. The molecule has 0 saturated carbocycles. The van der Waals surface area contributed by atoms with Crippen LogP contribution in [-0.4, -0.2) is 40.0 Å². The average Bonchev–Trinajstić information content (AvgIpc) is 2.81. The number of halogens is 1. The second kappa shape index (κ2) is 7.81. The Kier molecular flexibility index (Phi) is 6.07. The van der Waals surface area contributed by atoms with Crippen molar-refractivity contribution in [1.29, 1.82) is 0 Å². The van der Waals surface area contributed by atoms with Crippen molar-refractivity contribution in [3.63, 3.8) is 0 Å². The monoisotopic (exact) mass is 307 g/mol. The summed E-state index contributed by atoms with van der Waals surface area (Å²) in [4.78, 5) is 7.25. The van der Waals surface area contributed by atoms with E-state index in [0.717, 1.165) is 43.9 Å². The molecule has 0 atom stereocenters. The van der Waals surface area contributed by atoms with Gasteiger partial charge >= 0.3 is 0 Å². The number of imidazole rings is 1.